The highest BCUT2D eigenvalue weighted by Gasteiger charge is 2.14. The lowest BCUT2D eigenvalue weighted by Crippen LogP contribution is -2.14. The summed E-state index contributed by atoms with van der Waals surface area (Å²) < 4.78 is 5.17. The smallest absolute Gasteiger partial charge is 0.355 e. The molecular formula is C21H15NO3. The lowest BCUT2D eigenvalue weighted by molar-refractivity contribution is 0.0470. The predicted octanol–water partition coefficient (Wildman–Crippen LogP) is 4.36. The number of carbonyl (C=O) groups is 2. The second-order valence-electron chi connectivity index (χ2n) is 5.83. The van der Waals surface area contributed by atoms with Crippen LogP contribution in [-0.2, 0) is 4.74 Å². The molecule has 0 amide bonds. The minimum absolute atomic E-state index is 0.227. The summed E-state index contributed by atoms with van der Waals surface area (Å²) >= 11 is 0. The van der Waals surface area contributed by atoms with Gasteiger partial charge in [0.25, 0.3) is 0 Å². The Bertz CT molecular complexity index is 1060. The summed E-state index contributed by atoms with van der Waals surface area (Å²) in [5, 5.41) is 2.97. The van der Waals surface area contributed by atoms with Crippen LogP contribution in [0.15, 0.2) is 72.8 Å². The third-order valence-electron chi connectivity index (χ3n) is 4.16. The minimum atomic E-state index is -0.537. The van der Waals surface area contributed by atoms with Crippen LogP contribution >= 0.6 is 0 Å². The molecule has 3 aromatic carbocycles. The molecule has 0 saturated heterocycles. The predicted molar refractivity (Wildman–Crippen MR) is 96.9 cm³/mol. The van der Waals surface area contributed by atoms with Crippen molar-refractivity contribution >= 4 is 33.4 Å². The van der Waals surface area contributed by atoms with Gasteiger partial charge in [0.2, 0.25) is 0 Å². The number of para-hydroxylation sites is 1. The molecular weight excluding hydrogens is 314 g/mol. The van der Waals surface area contributed by atoms with E-state index < -0.39 is 5.97 Å². The number of hydrogen-bond donors (Lipinski definition) is 1. The summed E-state index contributed by atoms with van der Waals surface area (Å²) in [6, 6.07) is 22.6. The van der Waals surface area contributed by atoms with Gasteiger partial charge in [-0.1, -0.05) is 54.6 Å². The van der Waals surface area contributed by atoms with Gasteiger partial charge in [-0.05, 0) is 29.0 Å². The maximum absolute atomic E-state index is 12.3. The third kappa shape index (κ3) is 3.02. The fraction of sp³-hybridized carbons (Fsp3) is 0.0476. The number of fused-ring (bicyclic) bond motifs is 2. The van der Waals surface area contributed by atoms with Crippen molar-refractivity contribution in [1.29, 1.82) is 0 Å². The zero-order valence-corrected chi connectivity index (χ0v) is 13.4. The van der Waals surface area contributed by atoms with Crippen LogP contribution in [0.3, 0.4) is 0 Å². The van der Waals surface area contributed by atoms with E-state index in [2.05, 4.69) is 4.98 Å². The zero-order valence-electron chi connectivity index (χ0n) is 13.4. The standard InChI is InChI=1S/C21H15NO3/c23-20(17-10-9-14-5-1-2-6-15(14)11-17)13-25-21(24)19-12-16-7-3-4-8-18(16)22-19/h1-12,22H,13H2. The molecule has 0 bridgehead atoms. The van der Waals surface area contributed by atoms with Crippen molar-refractivity contribution in [1.82, 2.24) is 4.98 Å². The SMILES string of the molecule is O=C(COC(=O)c1cc2ccccc2[nH]1)c1ccc2ccccc2c1. The molecule has 4 rings (SSSR count). The van der Waals surface area contributed by atoms with Gasteiger partial charge >= 0.3 is 5.97 Å². The van der Waals surface area contributed by atoms with E-state index in [1.165, 1.54) is 0 Å². The number of H-pyrrole nitrogens is 1. The lowest BCUT2D eigenvalue weighted by Gasteiger charge is -2.04. The first-order valence-corrected chi connectivity index (χ1v) is 7.97. The van der Waals surface area contributed by atoms with Crippen molar-refractivity contribution in [2.24, 2.45) is 0 Å². The molecule has 0 aliphatic carbocycles. The van der Waals surface area contributed by atoms with Crippen LogP contribution in [0.4, 0.5) is 0 Å². The number of carbonyl (C=O) groups excluding carboxylic acids is 2. The molecule has 0 unspecified atom stereocenters. The third-order valence-corrected chi connectivity index (χ3v) is 4.16. The van der Waals surface area contributed by atoms with Crippen LogP contribution < -0.4 is 0 Å². The molecule has 25 heavy (non-hydrogen) atoms. The van der Waals surface area contributed by atoms with Crippen molar-refractivity contribution in [2.75, 3.05) is 6.61 Å². The second kappa shape index (κ2) is 6.24. The molecule has 0 saturated carbocycles. The molecule has 4 aromatic rings. The molecule has 0 aliphatic heterocycles. The molecule has 0 radical (unpaired) electrons. The largest absolute Gasteiger partial charge is 0.453 e. The summed E-state index contributed by atoms with van der Waals surface area (Å²) in [6.07, 6.45) is 0. The van der Waals surface area contributed by atoms with Crippen LogP contribution in [0.25, 0.3) is 21.7 Å². The summed E-state index contributed by atoms with van der Waals surface area (Å²) in [6.45, 7) is -0.285. The van der Waals surface area contributed by atoms with Gasteiger partial charge in [-0.3, -0.25) is 4.79 Å². The zero-order chi connectivity index (χ0) is 17.2. The van der Waals surface area contributed by atoms with Crippen molar-refractivity contribution in [2.45, 2.75) is 0 Å². The average molecular weight is 329 g/mol. The van der Waals surface area contributed by atoms with Crippen LogP contribution in [0.1, 0.15) is 20.8 Å². The summed E-state index contributed by atoms with van der Waals surface area (Å²) in [5.41, 5.74) is 1.73. The molecule has 1 aromatic heterocycles. The van der Waals surface area contributed by atoms with E-state index >= 15 is 0 Å². The number of ether oxygens (including phenoxy) is 1. The summed E-state index contributed by atoms with van der Waals surface area (Å²) in [5.74, 6) is -0.763. The molecule has 1 heterocycles. The van der Waals surface area contributed by atoms with Gasteiger partial charge in [0.1, 0.15) is 5.69 Å². The number of ketones is 1. The highest BCUT2D eigenvalue weighted by molar-refractivity contribution is 6.02. The Labute approximate surface area is 144 Å². The molecule has 0 aliphatic rings. The minimum Gasteiger partial charge on any atom is -0.453 e. The van der Waals surface area contributed by atoms with Crippen molar-refractivity contribution in [3.63, 3.8) is 0 Å². The monoisotopic (exact) mass is 329 g/mol. The van der Waals surface area contributed by atoms with Crippen LogP contribution in [-0.4, -0.2) is 23.3 Å². The number of aromatic nitrogens is 1. The average Bonchev–Trinajstić information content (AvgIpc) is 3.09. The van der Waals surface area contributed by atoms with Gasteiger partial charge in [-0.15, -0.1) is 0 Å². The number of nitrogens with one attached hydrogen (secondary N) is 1. The Morgan fingerprint density at radius 1 is 0.800 bits per heavy atom. The summed E-state index contributed by atoms with van der Waals surface area (Å²) in [4.78, 5) is 27.5. The fourth-order valence-corrected chi connectivity index (χ4v) is 2.84. The van der Waals surface area contributed by atoms with E-state index in [1.54, 1.807) is 12.1 Å². The van der Waals surface area contributed by atoms with E-state index in [9.17, 15) is 9.59 Å². The fourth-order valence-electron chi connectivity index (χ4n) is 2.84. The Morgan fingerprint density at radius 2 is 1.52 bits per heavy atom. The number of rotatable bonds is 4. The van der Waals surface area contributed by atoms with E-state index in [1.807, 2.05) is 60.7 Å². The topological polar surface area (TPSA) is 59.2 Å². The van der Waals surface area contributed by atoms with Gasteiger partial charge < -0.3 is 9.72 Å². The van der Waals surface area contributed by atoms with Crippen LogP contribution in [0.2, 0.25) is 0 Å². The summed E-state index contributed by atoms with van der Waals surface area (Å²) in [7, 11) is 0. The molecule has 122 valence electrons. The molecule has 4 nitrogen and oxygen atoms in total. The quantitative estimate of drug-likeness (QED) is 0.447. The first-order valence-electron chi connectivity index (χ1n) is 7.97. The van der Waals surface area contributed by atoms with Gasteiger partial charge in [-0.2, -0.15) is 0 Å². The van der Waals surface area contributed by atoms with Crippen molar-refractivity contribution < 1.29 is 14.3 Å². The molecule has 4 heteroatoms. The Kier molecular flexibility index (Phi) is 3.78. The molecule has 0 fully saturated rings. The lowest BCUT2D eigenvalue weighted by atomic mass is 10.0. The number of esters is 1. The van der Waals surface area contributed by atoms with E-state index in [0.29, 0.717) is 11.3 Å². The first kappa shape index (κ1) is 15.1. The van der Waals surface area contributed by atoms with Gasteiger partial charge in [-0.25, -0.2) is 4.79 Å². The normalized spacial score (nSPS) is 10.9. The highest BCUT2D eigenvalue weighted by Crippen LogP contribution is 2.17. The van der Waals surface area contributed by atoms with E-state index in [0.717, 1.165) is 21.7 Å². The van der Waals surface area contributed by atoms with Gasteiger partial charge in [0.15, 0.2) is 12.4 Å². The van der Waals surface area contributed by atoms with E-state index in [4.69, 9.17) is 4.74 Å². The van der Waals surface area contributed by atoms with Crippen LogP contribution in [0.5, 0.6) is 0 Å². The number of Topliss-reactive ketones (excluding diaryl/α,β-unsaturated/α-hetero) is 1. The van der Waals surface area contributed by atoms with Gasteiger partial charge in [0, 0.05) is 16.5 Å². The van der Waals surface area contributed by atoms with Crippen molar-refractivity contribution in [3.05, 3.63) is 84.1 Å². The Hall–Kier alpha value is -3.40. The maximum atomic E-state index is 12.3. The first-order chi connectivity index (χ1) is 12.2. The molecule has 0 atom stereocenters. The number of aromatic amines is 1. The van der Waals surface area contributed by atoms with Gasteiger partial charge in [0.05, 0.1) is 0 Å². The highest BCUT2D eigenvalue weighted by atomic mass is 16.5. The number of benzene rings is 3. The molecule has 0 spiro atoms. The Morgan fingerprint density at radius 3 is 2.32 bits per heavy atom. The maximum Gasteiger partial charge on any atom is 0.355 e. The van der Waals surface area contributed by atoms with E-state index in [-0.39, 0.29) is 12.4 Å². The van der Waals surface area contributed by atoms with Crippen LogP contribution in [0, 0.1) is 0 Å². The number of hydrogen-bond acceptors (Lipinski definition) is 3. The van der Waals surface area contributed by atoms with Crippen molar-refractivity contribution in [3.8, 4) is 0 Å². The molecule has 1 N–H and O–H groups in total. The Balaban J connectivity index is 1.47. The second-order valence-corrected chi connectivity index (χ2v) is 5.83.